The van der Waals surface area contributed by atoms with Gasteiger partial charge in [-0.25, -0.2) is 0 Å². The van der Waals surface area contributed by atoms with Crippen molar-refractivity contribution in [2.45, 2.75) is 0 Å². The highest BCUT2D eigenvalue weighted by Crippen LogP contribution is 2.28. The zero-order valence-electron chi connectivity index (χ0n) is 6.89. The summed E-state index contributed by atoms with van der Waals surface area (Å²) in [7, 11) is 0. The highest BCUT2D eigenvalue weighted by Gasteiger charge is 2.17. The van der Waals surface area contributed by atoms with Crippen molar-refractivity contribution in [1.29, 1.82) is 0 Å². The molecule has 0 radical (unpaired) electrons. The van der Waals surface area contributed by atoms with E-state index in [0.717, 1.165) is 11.3 Å². The van der Waals surface area contributed by atoms with Gasteiger partial charge in [0.2, 0.25) is 0 Å². The van der Waals surface area contributed by atoms with Gasteiger partial charge in [-0.3, -0.25) is 14.9 Å². The minimum atomic E-state index is -0.541. The lowest BCUT2D eigenvalue weighted by molar-refractivity contribution is -0.380. The predicted molar refractivity (Wildman–Crippen MR) is 57.1 cm³/mol. The van der Waals surface area contributed by atoms with Crippen LogP contribution in [-0.4, -0.2) is 17.0 Å². The first-order valence-corrected chi connectivity index (χ1v) is 4.97. The fraction of sp³-hybridized carbons (Fsp3) is 0.125. The largest absolute Gasteiger partial charge is 0.340 e. The Morgan fingerprint density at radius 2 is 2.43 bits per heavy atom. The molecule has 0 unspecified atom stereocenters. The summed E-state index contributed by atoms with van der Waals surface area (Å²) in [5, 5.41) is 10.4. The second kappa shape index (κ2) is 4.79. The number of hydrogen-bond acceptors (Lipinski definition) is 5. The molecule has 1 aromatic rings. The molecule has 0 bridgehead atoms. The Morgan fingerprint density at radius 3 is 2.93 bits per heavy atom. The van der Waals surface area contributed by atoms with Gasteiger partial charge in [-0.05, 0) is 6.07 Å². The van der Waals surface area contributed by atoms with Crippen molar-refractivity contribution < 1.29 is 9.72 Å². The molecular formula is C8H5NO3S2. The molecule has 0 aliphatic heterocycles. The standard InChI is InChI=1S/C8H5NO3S2/c10-5-7-4-6(2-1-3-13)8(14-7)9(11)12/h4-5,13H,3H2. The first-order chi connectivity index (χ1) is 6.69. The number of rotatable bonds is 2. The second-order valence-corrected chi connectivity index (χ2v) is 3.58. The van der Waals surface area contributed by atoms with E-state index in [0.29, 0.717) is 16.9 Å². The Hall–Kier alpha value is -1.32. The van der Waals surface area contributed by atoms with Crippen LogP contribution in [0.4, 0.5) is 5.00 Å². The summed E-state index contributed by atoms with van der Waals surface area (Å²) in [5.74, 6) is 5.50. The smallest absolute Gasteiger partial charge is 0.297 e. The summed E-state index contributed by atoms with van der Waals surface area (Å²) in [4.78, 5) is 20.7. The fourth-order valence-corrected chi connectivity index (χ4v) is 1.64. The normalized spacial score (nSPS) is 8.93. The number of carbonyl (C=O) groups is 1. The van der Waals surface area contributed by atoms with E-state index < -0.39 is 4.92 Å². The Kier molecular flexibility index (Phi) is 3.68. The molecule has 14 heavy (non-hydrogen) atoms. The van der Waals surface area contributed by atoms with Crippen LogP contribution < -0.4 is 0 Å². The number of nitrogens with zero attached hydrogens (tertiary/aromatic N) is 1. The first kappa shape index (κ1) is 10.8. The summed E-state index contributed by atoms with van der Waals surface area (Å²) in [6, 6.07) is 1.41. The van der Waals surface area contributed by atoms with Crippen LogP contribution in [0, 0.1) is 22.0 Å². The Labute approximate surface area is 89.5 Å². The van der Waals surface area contributed by atoms with E-state index in [1.165, 1.54) is 6.07 Å². The average molecular weight is 227 g/mol. The van der Waals surface area contributed by atoms with Crippen molar-refractivity contribution in [1.82, 2.24) is 0 Å². The van der Waals surface area contributed by atoms with Gasteiger partial charge in [-0.2, -0.15) is 12.6 Å². The molecule has 0 fully saturated rings. The molecule has 0 amide bonds. The number of thiol groups is 1. The van der Waals surface area contributed by atoms with E-state index in [9.17, 15) is 14.9 Å². The van der Waals surface area contributed by atoms with Crippen LogP contribution in [0.25, 0.3) is 0 Å². The molecule has 1 aromatic heterocycles. The maximum absolute atomic E-state index is 10.5. The quantitative estimate of drug-likeness (QED) is 0.275. The summed E-state index contributed by atoms with van der Waals surface area (Å²) in [6.45, 7) is 0. The summed E-state index contributed by atoms with van der Waals surface area (Å²) < 4.78 is 0. The third-order valence-corrected chi connectivity index (χ3v) is 2.49. The molecule has 0 N–H and O–H groups in total. The topological polar surface area (TPSA) is 60.2 Å². The van der Waals surface area contributed by atoms with E-state index in [-0.39, 0.29) is 10.6 Å². The fourth-order valence-electron chi connectivity index (χ4n) is 0.818. The number of thiophene rings is 1. The van der Waals surface area contributed by atoms with Crippen molar-refractivity contribution in [3.8, 4) is 11.8 Å². The highest BCUT2D eigenvalue weighted by molar-refractivity contribution is 7.80. The minimum Gasteiger partial charge on any atom is -0.297 e. The van der Waals surface area contributed by atoms with Crippen LogP contribution in [0.1, 0.15) is 15.2 Å². The zero-order valence-corrected chi connectivity index (χ0v) is 8.60. The Morgan fingerprint density at radius 1 is 1.71 bits per heavy atom. The maximum Gasteiger partial charge on any atom is 0.340 e. The molecule has 0 aliphatic rings. The van der Waals surface area contributed by atoms with Crippen LogP contribution in [0.5, 0.6) is 0 Å². The first-order valence-electron chi connectivity index (χ1n) is 3.52. The van der Waals surface area contributed by atoms with Crippen LogP contribution in [0.3, 0.4) is 0 Å². The molecule has 4 nitrogen and oxygen atoms in total. The van der Waals surface area contributed by atoms with Gasteiger partial charge in [0, 0.05) is 0 Å². The number of hydrogen-bond donors (Lipinski definition) is 1. The minimum absolute atomic E-state index is 0.0959. The van der Waals surface area contributed by atoms with E-state index in [1.54, 1.807) is 0 Å². The van der Waals surface area contributed by atoms with Gasteiger partial charge < -0.3 is 0 Å². The summed E-state index contributed by atoms with van der Waals surface area (Å²) in [5.41, 5.74) is 0.274. The van der Waals surface area contributed by atoms with Gasteiger partial charge in [0.25, 0.3) is 0 Å². The molecule has 0 aliphatic carbocycles. The third kappa shape index (κ3) is 2.34. The molecule has 0 atom stereocenters. The molecule has 1 rings (SSSR count). The van der Waals surface area contributed by atoms with Gasteiger partial charge in [-0.15, -0.1) is 0 Å². The molecule has 1 heterocycles. The van der Waals surface area contributed by atoms with Gasteiger partial charge in [-0.1, -0.05) is 23.2 Å². The van der Waals surface area contributed by atoms with E-state index >= 15 is 0 Å². The molecule has 6 heteroatoms. The number of aldehydes is 1. The van der Waals surface area contributed by atoms with Crippen molar-refractivity contribution in [3.05, 3.63) is 26.6 Å². The summed E-state index contributed by atoms with van der Waals surface area (Å²) >= 11 is 4.68. The lowest BCUT2D eigenvalue weighted by Gasteiger charge is -1.83. The van der Waals surface area contributed by atoms with Crippen molar-refractivity contribution >= 4 is 35.3 Å². The molecule has 0 spiro atoms. The van der Waals surface area contributed by atoms with Crippen molar-refractivity contribution in [2.75, 3.05) is 5.75 Å². The van der Waals surface area contributed by atoms with Crippen LogP contribution >= 0.6 is 24.0 Å². The van der Waals surface area contributed by atoms with Crippen LogP contribution in [-0.2, 0) is 0 Å². The molecule has 0 saturated heterocycles. The Balaban J connectivity index is 3.18. The highest BCUT2D eigenvalue weighted by atomic mass is 32.1. The second-order valence-electron chi connectivity index (χ2n) is 2.20. The van der Waals surface area contributed by atoms with Crippen molar-refractivity contribution in [2.24, 2.45) is 0 Å². The van der Waals surface area contributed by atoms with Gasteiger partial charge in [0.15, 0.2) is 6.29 Å². The molecular weight excluding hydrogens is 222 g/mol. The van der Waals surface area contributed by atoms with E-state index in [4.69, 9.17) is 0 Å². The van der Waals surface area contributed by atoms with Gasteiger partial charge in [0.05, 0.1) is 15.6 Å². The molecule has 72 valence electrons. The van der Waals surface area contributed by atoms with Gasteiger partial charge >= 0.3 is 5.00 Å². The number of carbonyl (C=O) groups excluding carboxylic acids is 1. The van der Waals surface area contributed by atoms with Crippen LogP contribution in [0.2, 0.25) is 0 Å². The average Bonchev–Trinajstić information content (AvgIpc) is 2.58. The van der Waals surface area contributed by atoms with E-state index in [2.05, 4.69) is 24.5 Å². The lowest BCUT2D eigenvalue weighted by atomic mass is 10.3. The van der Waals surface area contributed by atoms with Crippen molar-refractivity contribution in [3.63, 3.8) is 0 Å². The van der Waals surface area contributed by atoms with E-state index in [1.807, 2.05) is 0 Å². The summed E-state index contributed by atoms with van der Waals surface area (Å²) in [6.07, 6.45) is 0.573. The SMILES string of the molecule is O=Cc1cc(C#CCS)c([N+](=O)[O-])s1. The number of nitro groups is 1. The van der Waals surface area contributed by atoms with Crippen LogP contribution in [0.15, 0.2) is 6.07 Å². The zero-order chi connectivity index (χ0) is 10.6. The molecule has 0 aromatic carbocycles. The predicted octanol–water partition coefficient (Wildman–Crippen LogP) is 1.75. The Bertz CT molecular complexity index is 428. The molecule has 0 saturated carbocycles. The van der Waals surface area contributed by atoms with Gasteiger partial charge in [0.1, 0.15) is 5.56 Å². The lowest BCUT2D eigenvalue weighted by Crippen LogP contribution is -1.85. The monoisotopic (exact) mass is 227 g/mol. The third-order valence-electron chi connectivity index (χ3n) is 1.32. The maximum atomic E-state index is 10.5.